The number of carbonyl (C=O) groups is 1. The van der Waals surface area contributed by atoms with Crippen LogP contribution in [0.3, 0.4) is 0 Å². The smallest absolute Gasteiger partial charge is 0.409 e. The molecule has 0 aliphatic carbocycles. The number of carbonyl (C=O) groups excluding carboxylic acids is 1. The number of nitrogens with two attached hydrogens (primary N) is 1. The van der Waals surface area contributed by atoms with E-state index in [1.807, 2.05) is 0 Å². The lowest BCUT2D eigenvalue weighted by molar-refractivity contribution is 0.0779. The van der Waals surface area contributed by atoms with E-state index in [4.69, 9.17) is 10.5 Å². The number of nitrogens with zero attached hydrogens (tertiary/aromatic N) is 2. The van der Waals surface area contributed by atoms with Crippen LogP contribution in [-0.2, 0) is 11.3 Å². The fraction of sp³-hybridized carbons (Fsp3) is 0.500. The van der Waals surface area contributed by atoms with E-state index in [1.165, 1.54) is 12.1 Å². The van der Waals surface area contributed by atoms with Crippen LogP contribution in [0.15, 0.2) is 18.2 Å². The predicted octanol–water partition coefficient (Wildman–Crippen LogP) is 1.68. The molecule has 5 nitrogen and oxygen atoms in total. The van der Waals surface area contributed by atoms with E-state index in [9.17, 15) is 9.18 Å². The number of hydrogen-bond donors (Lipinski definition) is 1. The molecule has 0 aromatic heterocycles. The minimum atomic E-state index is -0.278. The predicted molar refractivity (Wildman–Crippen MR) is 74.7 cm³/mol. The van der Waals surface area contributed by atoms with E-state index in [0.29, 0.717) is 31.9 Å². The first-order chi connectivity index (χ1) is 9.60. The Hall–Kier alpha value is -1.82. The molecule has 0 bridgehead atoms. The van der Waals surface area contributed by atoms with Crippen molar-refractivity contribution >= 4 is 11.8 Å². The number of piperazine rings is 1. The molecule has 0 radical (unpaired) electrons. The van der Waals surface area contributed by atoms with Crippen molar-refractivity contribution in [2.45, 2.75) is 13.5 Å². The Morgan fingerprint density at radius 3 is 2.70 bits per heavy atom. The third-order valence-corrected chi connectivity index (χ3v) is 3.40. The normalized spacial score (nSPS) is 16.2. The lowest BCUT2D eigenvalue weighted by atomic mass is 10.1. The van der Waals surface area contributed by atoms with Gasteiger partial charge in [0.15, 0.2) is 0 Å². The zero-order valence-electron chi connectivity index (χ0n) is 11.6. The number of rotatable bonds is 3. The van der Waals surface area contributed by atoms with Crippen molar-refractivity contribution in [2.75, 3.05) is 38.5 Å². The molecule has 0 spiro atoms. The number of ether oxygens (including phenoxy) is 1. The van der Waals surface area contributed by atoms with E-state index in [1.54, 1.807) is 17.9 Å². The van der Waals surface area contributed by atoms with Gasteiger partial charge in [-0.25, -0.2) is 9.18 Å². The third kappa shape index (κ3) is 3.60. The fourth-order valence-electron chi connectivity index (χ4n) is 2.26. The number of amides is 1. The fourth-order valence-corrected chi connectivity index (χ4v) is 2.26. The van der Waals surface area contributed by atoms with Gasteiger partial charge in [-0.05, 0) is 30.7 Å². The van der Waals surface area contributed by atoms with Crippen molar-refractivity contribution < 1.29 is 13.9 Å². The number of halogens is 1. The summed E-state index contributed by atoms with van der Waals surface area (Å²) < 4.78 is 18.2. The van der Waals surface area contributed by atoms with Crippen LogP contribution >= 0.6 is 0 Å². The van der Waals surface area contributed by atoms with Gasteiger partial charge < -0.3 is 15.4 Å². The minimum absolute atomic E-state index is 0.266. The molecule has 1 fully saturated rings. The second-order valence-electron chi connectivity index (χ2n) is 4.81. The third-order valence-electron chi connectivity index (χ3n) is 3.40. The van der Waals surface area contributed by atoms with Crippen LogP contribution in [0, 0.1) is 5.82 Å². The van der Waals surface area contributed by atoms with E-state index >= 15 is 0 Å². The highest BCUT2D eigenvalue weighted by atomic mass is 19.1. The van der Waals surface area contributed by atoms with Crippen molar-refractivity contribution in [2.24, 2.45) is 0 Å². The lowest BCUT2D eigenvalue weighted by Crippen LogP contribution is -2.48. The average molecular weight is 281 g/mol. The standard InChI is InChI=1S/C14H20FN3O2/c1-2-20-14(19)18-7-5-17(6-8-18)10-11-9-12(15)3-4-13(11)16/h3-4,9H,2,5-8,10,16H2,1H3. The number of benzene rings is 1. The van der Waals surface area contributed by atoms with Crippen LogP contribution in [0.2, 0.25) is 0 Å². The lowest BCUT2D eigenvalue weighted by Gasteiger charge is -2.34. The van der Waals surface area contributed by atoms with Crippen molar-refractivity contribution in [3.63, 3.8) is 0 Å². The van der Waals surface area contributed by atoms with Crippen molar-refractivity contribution in [3.8, 4) is 0 Å². The molecule has 0 atom stereocenters. The summed E-state index contributed by atoms with van der Waals surface area (Å²) in [5.74, 6) is -0.278. The maximum Gasteiger partial charge on any atom is 0.409 e. The second kappa shape index (κ2) is 6.56. The molecule has 0 saturated carbocycles. The number of nitrogen functional groups attached to an aromatic ring is 1. The van der Waals surface area contributed by atoms with E-state index < -0.39 is 0 Å². The van der Waals surface area contributed by atoms with Crippen LogP contribution in [-0.4, -0.2) is 48.7 Å². The highest BCUT2D eigenvalue weighted by molar-refractivity contribution is 5.67. The zero-order chi connectivity index (χ0) is 14.5. The molecule has 1 heterocycles. The maximum atomic E-state index is 13.2. The minimum Gasteiger partial charge on any atom is -0.450 e. The summed E-state index contributed by atoms with van der Waals surface area (Å²) in [6, 6.07) is 4.41. The Labute approximate surface area is 118 Å². The largest absolute Gasteiger partial charge is 0.450 e. The molecule has 2 rings (SSSR count). The maximum absolute atomic E-state index is 13.2. The van der Waals surface area contributed by atoms with Gasteiger partial charge in [-0.2, -0.15) is 0 Å². The van der Waals surface area contributed by atoms with E-state index in [-0.39, 0.29) is 11.9 Å². The molecule has 1 amide bonds. The monoisotopic (exact) mass is 281 g/mol. The summed E-state index contributed by atoms with van der Waals surface area (Å²) in [6.07, 6.45) is -0.266. The summed E-state index contributed by atoms with van der Waals surface area (Å²) >= 11 is 0. The number of anilines is 1. The first-order valence-corrected chi connectivity index (χ1v) is 6.78. The van der Waals surface area contributed by atoms with Gasteiger partial charge in [-0.1, -0.05) is 0 Å². The zero-order valence-corrected chi connectivity index (χ0v) is 11.6. The molecule has 20 heavy (non-hydrogen) atoms. The Kier molecular flexibility index (Phi) is 4.79. The number of hydrogen-bond acceptors (Lipinski definition) is 4. The van der Waals surface area contributed by atoms with Crippen LogP contribution < -0.4 is 5.73 Å². The SMILES string of the molecule is CCOC(=O)N1CCN(Cc2cc(F)ccc2N)CC1. The molecule has 1 aromatic carbocycles. The van der Waals surface area contributed by atoms with Crippen LogP contribution in [0.5, 0.6) is 0 Å². The van der Waals surface area contributed by atoms with E-state index in [2.05, 4.69) is 4.90 Å². The Morgan fingerprint density at radius 1 is 1.35 bits per heavy atom. The molecular formula is C14H20FN3O2. The molecule has 1 aromatic rings. The van der Waals surface area contributed by atoms with Gasteiger partial charge in [0.25, 0.3) is 0 Å². The van der Waals surface area contributed by atoms with Crippen LogP contribution in [0.1, 0.15) is 12.5 Å². The summed E-state index contributed by atoms with van der Waals surface area (Å²) in [4.78, 5) is 15.4. The van der Waals surface area contributed by atoms with Crippen molar-refractivity contribution in [1.82, 2.24) is 9.80 Å². The highest BCUT2D eigenvalue weighted by Gasteiger charge is 2.22. The molecule has 110 valence electrons. The molecule has 1 saturated heterocycles. The van der Waals surface area contributed by atoms with Gasteiger partial charge in [-0.3, -0.25) is 4.90 Å². The summed E-state index contributed by atoms with van der Waals surface area (Å²) in [6.45, 7) is 5.48. The summed E-state index contributed by atoms with van der Waals surface area (Å²) in [5.41, 5.74) is 7.23. The topological polar surface area (TPSA) is 58.8 Å². The molecule has 1 aliphatic rings. The molecular weight excluding hydrogens is 261 g/mol. The molecule has 6 heteroatoms. The average Bonchev–Trinajstić information content (AvgIpc) is 2.44. The van der Waals surface area contributed by atoms with Crippen molar-refractivity contribution in [1.29, 1.82) is 0 Å². The van der Waals surface area contributed by atoms with Crippen LogP contribution in [0.25, 0.3) is 0 Å². The summed E-state index contributed by atoms with van der Waals surface area (Å²) in [7, 11) is 0. The summed E-state index contributed by atoms with van der Waals surface area (Å²) in [5, 5.41) is 0. The van der Waals surface area contributed by atoms with Gasteiger partial charge >= 0.3 is 6.09 Å². The second-order valence-corrected chi connectivity index (χ2v) is 4.81. The Morgan fingerprint density at radius 2 is 2.05 bits per heavy atom. The van der Waals surface area contributed by atoms with Crippen LogP contribution in [0.4, 0.5) is 14.9 Å². The highest BCUT2D eigenvalue weighted by Crippen LogP contribution is 2.17. The molecule has 2 N–H and O–H groups in total. The van der Waals surface area contributed by atoms with Gasteiger partial charge in [0, 0.05) is 38.4 Å². The Bertz CT molecular complexity index is 473. The van der Waals surface area contributed by atoms with Gasteiger partial charge in [0.05, 0.1) is 6.61 Å². The van der Waals surface area contributed by atoms with Crippen molar-refractivity contribution in [3.05, 3.63) is 29.6 Å². The Balaban J connectivity index is 1.88. The van der Waals surface area contributed by atoms with E-state index in [0.717, 1.165) is 18.7 Å². The molecule has 1 aliphatic heterocycles. The van der Waals surface area contributed by atoms with Gasteiger partial charge in [-0.15, -0.1) is 0 Å². The first-order valence-electron chi connectivity index (χ1n) is 6.78. The van der Waals surface area contributed by atoms with Gasteiger partial charge in [0.1, 0.15) is 5.82 Å². The quantitative estimate of drug-likeness (QED) is 0.856. The molecule has 0 unspecified atom stereocenters. The van der Waals surface area contributed by atoms with Gasteiger partial charge in [0.2, 0.25) is 0 Å². The first kappa shape index (κ1) is 14.6.